The second-order valence-corrected chi connectivity index (χ2v) is 4.30. The minimum absolute atomic E-state index is 0.139. The number of aliphatic imine (C=N–C) groups is 1. The molecular weight excluding hydrogens is 208 g/mol. The zero-order valence-electron chi connectivity index (χ0n) is 9.06. The van der Waals surface area contributed by atoms with E-state index in [1.54, 1.807) is 12.3 Å². The summed E-state index contributed by atoms with van der Waals surface area (Å²) in [6.45, 7) is 0.956. The van der Waals surface area contributed by atoms with Crippen molar-refractivity contribution in [3.63, 3.8) is 0 Å². The molecule has 0 aromatic heterocycles. The predicted octanol–water partition coefficient (Wildman–Crippen LogP) is 0.0710. The molecule has 1 saturated heterocycles. The summed E-state index contributed by atoms with van der Waals surface area (Å²) in [5.41, 5.74) is 4.90. The molecule has 0 spiro atoms. The minimum atomic E-state index is -1.24. The number of nitrogens with zero attached hydrogens (tertiary/aromatic N) is 2. The highest BCUT2D eigenvalue weighted by atomic mass is 16.6. The number of nitrogens with two attached hydrogens (primary N) is 1. The standard InChI is InChI=1S/C10H16N4O2/c11-8-4-6-12-7-10(8,14(15)16)9-3-1-2-5-13-9/h4,6,9,13H,1-3,5,7,11H2. The molecule has 3 N–H and O–H groups in total. The van der Waals surface area contributed by atoms with Crippen molar-refractivity contribution in [1.82, 2.24) is 5.32 Å². The average Bonchev–Trinajstić information content (AvgIpc) is 2.30. The normalized spacial score (nSPS) is 34.5. The van der Waals surface area contributed by atoms with Crippen LogP contribution in [-0.4, -0.2) is 35.8 Å². The highest BCUT2D eigenvalue weighted by Crippen LogP contribution is 2.29. The molecule has 0 aliphatic carbocycles. The summed E-state index contributed by atoms with van der Waals surface area (Å²) in [4.78, 5) is 15.1. The second kappa shape index (κ2) is 4.21. The molecule has 0 aromatic carbocycles. The van der Waals surface area contributed by atoms with Crippen molar-refractivity contribution >= 4 is 6.21 Å². The van der Waals surface area contributed by atoms with Gasteiger partial charge in [-0.3, -0.25) is 15.1 Å². The number of hydrogen-bond donors (Lipinski definition) is 2. The third-order valence-corrected chi connectivity index (χ3v) is 3.40. The third-order valence-electron chi connectivity index (χ3n) is 3.40. The second-order valence-electron chi connectivity index (χ2n) is 4.30. The number of allylic oxidation sites excluding steroid dienone is 1. The fraction of sp³-hybridized carbons (Fsp3) is 0.700. The van der Waals surface area contributed by atoms with Gasteiger partial charge in [-0.05, 0) is 25.5 Å². The maximum absolute atomic E-state index is 11.4. The Bertz CT molecular complexity index is 347. The first kappa shape index (κ1) is 11.1. The molecule has 0 saturated carbocycles. The molecule has 88 valence electrons. The number of nitro groups is 1. The molecule has 2 unspecified atom stereocenters. The SMILES string of the molecule is NC1=CC=NCC1(C1CCCCN1)[N+](=O)[O-]. The van der Waals surface area contributed by atoms with Gasteiger partial charge in [-0.15, -0.1) is 0 Å². The molecule has 16 heavy (non-hydrogen) atoms. The van der Waals surface area contributed by atoms with E-state index in [0.717, 1.165) is 25.8 Å². The summed E-state index contributed by atoms with van der Waals surface area (Å²) in [5, 5.41) is 14.6. The predicted molar refractivity (Wildman–Crippen MR) is 61.0 cm³/mol. The van der Waals surface area contributed by atoms with E-state index in [2.05, 4.69) is 10.3 Å². The Balaban J connectivity index is 2.31. The van der Waals surface area contributed by atoms with Crippen molar-refractivity contribution < 1.29 is 4.92 Å². The summed E-state index contributed by atoms with van der Waals surface area (Å²) < 4.78 is 0. The van der Waals surface area contributed by atoms with Gasteiger partial charge in [0.15, 0.2) is 0 Å². The van der Waals surface area contributed by atoms with Crippen LogP contribution in [-0.2, 0) is 0 Å². The third kappa shape index (κ3) is 1.59. The van der Waals surface area contributed by atoms with Crippen LogP contribution in [0.15, 0.2) is 16.8 Å². The Labute approximate surface area is 93.8 Å². The fourth-order valence-electron chi connectivity index (χ4n) is 2.42. The van der Waals surface area contributed by atoms with E-state index >= 15 is 0 Å². The van der Waals surface area contributed by atoms with Crippen molar-refractivity contribution in [1.29, 1.82) is 0 Å². The summed E-state index contributed by atoms with van der Waals surface area (Å²) >= 11 is 0. The van der Waals surface area contributed by atoms with Gasteiger partial charge in [0.2, 0.25) is 0 Å². The van der Waals surface area contributed by atoms with Crippen LogP contribution in [0.1, 0.15) is 19.3 Å². The van der Waals surface area contributed by atoms with Gasteiger partial charge in [0.25, 0.3) is 5.54 Å². The van der Waals surface area contributed by atoms with Crippen molar-refractivity contribution in [2.24, 2.45) is 10.7 Å². The summed E-state index contributed by atoms with van der Waals surface area (Å²) in [6, 6.07) is -0.204. The van der Waals surface area contributed by atoms with Gasteiger partial charge in [0, 0.05) is 11.1 Å². The van der Waals surface area contributed by atoms with Crippen LogP contribution in [0.25, 0.3) is 0 Å². The smallest absolute Gasteiger partial charge is 0.294 e. The topological polar surface area (TPSA) is 93.5 Å². The van der Waals surface area contributed by atoms with Crippen molar-refractivity contribution in [2.45, 2.75) is 30.8 Å². The van der Waals surface area contributed by atoms with Crippen LogP contribution in [0.2, 0.25) is 0 Å². The summed E-state index contributed by atoms with van der Waals surface area (Å²) in [7, 11) is 0. The van der Waals surface area contributed by atoms with Gasteiger partial charge in [-0.1, -0.05) is 6.42 Å². The Hall–Kier alpha value is -1.43. The fourth-order valence-corrected chi connectivity index (χ4v) is 2.42. The van der Waals surface area contributed by atoms with E-state index in [4.69, 9.17) is 5.73 Å². The van der Waals surface area contributed by atoms with Crippen LogP contribution in [0.5, 0.6) is 0 Å². The van der Waals surface area contributed by atoms with Gasteiger partial charge >= 0.3 is 0 Å². The molecule has 2 aliphatic heterocycles. The Morgan fingerprint density at radius 2 is 2.44 bits per heavy atom. The maximum atomic E-state index is 11.4. The van der Waals surface area contributed by atoms with E-state index in [0.29, 0.717) is 5.70 Å². The highest BCUT2D eigenvalue weighted by molar-refractivity contribution is 5.74. The van der Waals surface area contributed by atoms with Gasteiger partial charge < -0.3 is 11.1 Å². The Morgan fingerprint density at radius 1 is 1.62 bits per heavy atom. The lowest BCUT2D eigenvalue weighted by Gasteiger charge is -2.36. The van der Waals surface area contributed by atoms with Gasteiger partial charge in [0.1, 0.15) is 6.54 Å². The van der Waals surface area contributed by atoms with Crippen LogP contribution in [0.3, 0.4) is 0 Å². The van der Waals surface area contributed by atoms with E-state index in [1.165, 1.54) is 0 Å². The first-order valence-electron chi connectivity index (χ1n) is 5.52. The quantitative estimate of drug-likeness (QED) is 0.512. The lowest BCUT2D eigenvalue weighted by Crippen LogP contribution is -2.62. The van der Waals surface area contributed by atoms with Gasteiger partial charge in [-0.25, -0.2) is 0 Å². The number of rotatable bonds is 2. The summed E-state index contributed by atoms with van der Waals surface area (Å²) in [5.74, 6) is 0. The van der Waals surface area contributed by atoms with Gasteiger partial charge in [-0.2, -0.15) is 0 Å². The van der Waals surface area contributed by atoms with E-state index < -0.39 is 5.54 Å². The van der Waals surface area contributed by atoms with Crippen LogP contribution in [0, 0.1) is 10.1 Å². The average molecular weight is 224 g/mol. The van der Waals surface area contributed by atoms with Crippen LogP contribution >= 0.6 is 0 Å². The van der Waals surface area contributed by atoms with Crippen molar-refractivity contribution in [3.05, 3.63) is 21.9 Å². The minimum Gasteiger partial charge on any atom is -0.396 e. The highest BCUT2D eigenvalue weighted by Gasteiger charge is 2.53. The molecule has 0 amide bonds. The first-order valence-corrected chi connectivity index (χ1v) is 5.52. The van der Waals surface area contributed by atoms with E-state index in [1.807, 2.05) is 0 Å². The molecule has 1 fully saturated rings. The van der Waals surface area contributed by atoms with E-state index in [9.17, 15) is 10.1 Å². The van der Waals surface area contributed by atoms with Crippen molar-refractivity contribution in [3.8, 4) is 0 Å². The molecule has 2 rings (SSSR count). The number of dihydropyridines is 1. The maximum Gasteiger partial charge on any atom is 0.294 e. The van der Waals surface area contributed by atoms with Crippen LogP contribution < -0.4 is 11.1 Å². The first-order chi connectivity index (χ1) is 7.68. The van der Waals surface area contributed by atoms with Crippen LogP contribution in [0.4, 0.5) is 0 Å². The van der Waals surface area contributed by atoms with E-state index in [-0.39, 0.29) is 17.5 Å². The van der Waals surface area contributed by atoms with Gasteiger partial charge in [0.05, 0.1) is 11.7 Å². The molecular formula is C10H16N4O2. The number of piperidine rings is 1. The lowest BCUT2D eigenvalue weighted by molar-refractivity contribution is -0.560. The Morgan fingerprint density at radius 3 is 3.00 bits per heavy atom. The monoisotopic (exact) mass is 224 g/mol. The zero-order valence-corrected chi connectivity index (χ0v) is 9.06. The molecule has 0 bridgehead atoms. The number of nitrogens with one attached hydrogen (secondary N) is 1. The molecule has 6 heteroatoms. The summed E-state index contributed by atoms with van der Waals surface area (Å²) in [6.07, 6.45) is 5.94. The number of hydrogen-bond acceptors (Lipinski definition) is 5. The van der Waals surface area contributed by atoms with Crippen molar-refractivity contribution in [2.75, 3.05) is 13.1 Å². The molecule has 2 aliphatic rings. The zero-order chi connectivity index (χ0) is 11.6. The molecule has 0 radical (unpaired) electrons. The molecule has 6 nitrogen and oxygen atoms in total. The lowest BCUT2D eigenvalue weighted by atomic mass is 9.81. The largest absolute Gasteiger partial charge is 0.396 e. The molecule has 2 heterocycles. The Kier molecular flexibility index (Phi) is 2.91. The molecule has 2 atom stereocenters. The molecule has 0 aromatic rings.